The molecule has 28 heavy (non-hydrogen) atoms. The molecule has 150 valence electrons. The van der Waals surface area contributed by atoms with Gasteiger partial charge in [-0.05, 0) is 31.2 Å². The monoisotopic (exact) mass is 391 g/mol. The van der Waals surface area contributed by atoms with E-state index in [0.717, 1.165) is 31.4 Å². The third-order valence-electron chi connectivity index (χ3n) is 5.59. The molecule has 0 amide bonds. The van der Waals surface area contributed by atoms with E-state index >= 15 is 0 Å². The second-order valence-corrected chi connectivity index (χ2v) is 7.46. The van der Waals surface area contributed by atoms with Gasteiger partial charge in [-0.2, -0.15) is 13.2 Å². The highest BCUT2D eigenvalue weighted by Crippen LogP contribution is 2.36. The fourth-order valence-electron chi connectivity index (χ4n) is 3.88. The normalized spacial score (nSPS) is 25.6. The Bertz CT molecular complexity index is 829. The van der Waals surface area contributed by atoms with Gasteiger partial charge in [0.05, 0.1) is 17.3 Å². The van der Waals surface area contributed by atoms with Crippen LogP contribution in [0.2, 0.25) is 0 Å². The SMILES string of the molecule is CC1C=CC=C(CN2CCN3NC(c4ncccc4C(F)(F)F)C=C3C2)N1C. The summed E-state index contributed by atoms with van der Waals surface area (Å²) < 4.78 is 40.0. The number of halogens is 3. The Morgan fingerprint density at radius 2 is 2.11 bits per heavy atom. The number of aromatic nitrogens is 1. The predicted octanol–water partition coefficient (Wildman–Crippen LogP) is 2.94. The number of rotatable bonds is 3. The first-order chi connectivity index (χ1) is 13.3. The highest BCUT2D eigenvalue weighted by molar-refractivity contribution is 5.32. The number of piperazine rings is 1. The smallest absolute Gasteiger partial charge is 0.371 e. The Kier molecular flexibility index (Phi) is 4.93. The summed E-state index contributed by atoms with van der Waals surface area (Å²) in [5, 5.41) is 1.96. The second-order valence-electron chi connectivity index (χ2n) is 7.46. The summed E-state index contributed by atoms with van der Waals surface area (Å²) in [7, 11) is 2.09. The summed E-state index contributed by atoms with van der Waals surface area (Å²) in [5.41, 5.74) is 4.76. The van der Waals surface area contributed by atoms with Crippen LogP contribution in [-0.4, -0.2) is 59.1 Å². The Balaban J connectivity index is 1.49. The lowest BCUT2D eigenvalue weighted by Crippen LogP contribution is -2.49. The molecular formula is C20H24F3N5. The lowest BCUT2D eigenvalue weighted by molar-refractivity contribution is -0.138. The molecule has 0 radical (unpaired) electrons. The van der Waals surface area contributed by atoms with E-state index in [-0.39, 0.29) is 5.69 Å². The number of fused-ring (bicyclic) bond motifs is 1. The molecule has 1 saturated heterocycles. The number of allylic oxidation sites excluding steroid dienone is 2. The topological polar surface area (TPSA) is 34.6 Å². The van der Waals surface area contributed by atoms with Crippen molar-refractivity contribution >= 4 is 0 Å². The van der Waals surface area contributed by atoms with Gasteiger partial charge >= 0.3 is 6.18 Å². The third kappa shape index (κ3) is 3.66. The number of hydrogen-bond donors (Lipinski definition) is 1. The molecular weight excluding hydrogens is 367 g/mol. The van der Waals surface area contributed by atoms with Gasteiger partial charge in [-0.1, -0.05) is 12.2 Å². The summed E-state index contributed by atoms with van der Waals surface area (Å²) >= 11 is 0. The van der Waals surface area contributed by atoms with Gasteiger partial charge < -0.3 is 9.91 Å². The average Bonchev–Trinajstić information content (AvgIpc) is 3.08. The zero-order valence-electron chi connectivity index (χ0n) is 15.9. The highest BCUT2D eigenvalue weighted by Gasteiger charge is 2.38. The summed E-state index contributed by atoms with van der Waals surface area (Å²) in [6.07, 6.45) is 5.23. The first-order valence-corrected chi connectivity index (χ1v) is 9.42. The molecule has 3 aliphatic heterocycles. The summed E-state index contributed by atoms with van der Waals surface area (Å²) in [6.45, 7) is 5.23. The zero-order chi connectivity index (χ0) is 19.9. The van der Waals surface area contributed by atoms with Gasteiger partial charge in [0.1, 0.15) is 0 Å². The van der Waals surface area contributed by atoms with E-state index < -0.39 is 17.8 Å². The highest BCUT2D eigenvalue weighted by atomic mass is 19.4. The number of hydrogen-bond acceptors (Lipinski definition) is 5. The van der Waals surface area contributed by atoms with E-state index in [1.807, 2.05) is 11.1 Å². The van der Waals surface area contributed by atoms with Crippen molar-refractivity contribution in [1.29, 1.82) is 0 Å². The molecule has 2 unspecified atom stereocenters. The van der Waals surface area contributed by atoms with E-state index in [4.69, 9.17) is 0 Å². The lowest BCUT2D eigenvalue weighted by Gasteiger charge is -2.38. The Labute approximate surface area is 162 Å². The Morgan fingerprint density at radius 1 is 1.29 bits per heavy atom. The molecule has 1 aromatic heterocycles. The minimum Gasteiger partial charge on any atom is -0.371 e. The van der Waals surface area contributed by atoms with E-state index in [1.54, 1.807) is 0 Å². The molecule has 1 fully saturated rings. The number of pyridine rings is 1. The second kappa shape index (κ2) is 7.25. The van der Waals surface area contributed by atoms with Crippen molar-refractivity contribution in [2.24, 2.45) is 0 Å². The molecule has 4 rings (SSSR count). The summed E-state index contributed by atoms with van der Waals surface area (Å²) in [6, 6.07) is 2.22. The molecule has 0 spiro atoms. The van der Waals surface area contributed by atoms with Crippen molar-refractivity contribution in [2.75, 3.05) is 33.2 Å². The first kappa shape index (κ1) is 19.0. The van der Waals surface area contributed by atoms with Crippen molar-refractivity contribution in [3.05, 3.63) is 65.3 Å². The van der Waals surface area contributed by atoms with Gasteiger partial charge in [-0.15, -0.1) is 0 Å². The molecule has 8 heteroatoms. The molecule has 0 aromatic carbocycles. The van der Waals surface area contributed by atoms with Gasteiger partial charge in [-0.3, -0.25) is 9.88 Å². The van der Waals surface area contributed by atoms with Crippen molar-refractivity contribution < 1.29 is 13.2 Å². The molecule has 0 bridgehead atoms. The van der Waals surface area contributed by atoms with Crippen LogP contribution in [0.1, 0.15) is 24.2 Å². The number of hydrazine groups is 1. The van der Waals surface area contributed by atoms with Crippen molar-refractivity contribution in [3.63, 3.8) is 0 Å². The number of alkyl halides is 3. The van der Waals surface area contributed by atoms with Gasteiger partial charge in [0.2, 0.25) is 0 Å². The van der Waals surface area contributed by atoms with Crippen LogP contribution in [0.3, 0.4) is 0 Å². The zero-order valence-corrected chi connectivity index (χ0v) is 15.9. The van der Waals surface area contributed by atoms with Crippen LogP contribution >= 0.6 is 0 Å². The van der Waals surface area contributed by atoms with E-state index in [1.165, 1.54) is 18.0 Å². The molecule has 5 nitrogen and oxygen atoms in total. The van der Waals surface area contributed by atoms with E-state index in [9.17, 15) is 13.2 Å². The lowest BCUT2D eigenvalue weighted by atomic mass is 10.1. The molecule has 3 aliphatic rings. The fourth-order valence-corrected chi connectivity index (χ4v) is 3.88. The molecule has 4 heterocycles. The summed E-state index contributed by atoms with van der Waals surface area (Å²) in [4.78, 5) is 8.60. The minimum atomic E-state index is -4.42. The van der Waals surface area contributed by atoms with Crippen LogP contribution in [0.4, 0.5) is 13.2 Å². The van der Waals surface area contributed by atoms with Gasteiger partial charge in [0.25, 0.3) is 0 Å². The van der Waals surface area contributed by atoms with Crippen LogP contribution in [0, 0.1) is 0 Å². The average molecular weight is 391 g/mol. The van der Waals surface area contributed by atoms with Crippen LogP contribution in [-0.2, 0) is 6.18 Å². The van der Waals surface area contributed by atoms with Crippen LogP contribution in [0.25, 0.3) is 0 Å². The van der Waals surface area contributed by atoms with Crippen LogP contribution in [0.15, 0.2) is 54.0 Å². The van der Waals surface area contributed by atoms with Gasteiger partial charge in [0.15, 0.2) is 0 Å². The van der Waals surface area contributed by atoms with E-state index in [2.05, 4.69) is 52.4 Å². The van der Waals surface area contributed by atoms with Gasteiger partial charge in [0, 0.05) is 56.9 Å². The molecule has 0 saturated carbocycles. The maximum absolute atomic E-state index is 13.3. The largest absolute Gasteiger partial charge is 0.418 e. The quantitative estimate of drug-likeness (QED) is 0.857. The van der Waals surface area contributed by atoms with Crippen molar-refractivity contribution in [3.8, 4) is 0 Å². The van der Waals surface area contributed by atoms with E-state index in [0.29, 0.717) is 12.6 Å². The minimum absolute atomic E-state index is 0.0251. The maximum atomic E-state index is 13.3. The molecule has 1 aromatic rings. The summed E-state index contributed by atoms with van der Waals surface area (Å²) in [5.74, 6) is 0. The van der Waals surface area contributed by atoms with Crippen LogP contribution < -0.4 is 5.43 Å². The number of likely N-dealkylation sites (N-methyl/N-ethyl adjacent to an activating group) is 1. The molecule has 0 aliphatic carbocycles. The first-order valence-electron chi connectivity index (χ1n) is 9.42. The maximum Gasteiger partial charge on any atom is 0.418 e. The predicted molar refractivity (Wildman–Crippen MR) is 101 cm³/mol. The van der Waals surface area contributed by atoms with Crippen LogP contribution in [0.5, 0.6) is 0 Å². The Hall–Kier alpha value is -2.32. The standard InChI is InChI=1S/C20H24F3N5/c1-14-5-3-6-15(26(14)2)12-27-9-10-28-16(13-27)11-18(25-28)19-17(20(21,22)23)7-4-8-24-19/h3-8,11,14,18,25H,9-10,12-13H2,1-2H3. The third-order valence-corrected chi connectivity index (χ3v) is 5.59. The molecule has 2 atom stereocenters. The van der Waals surface area contributed by atoms with Gasteiger partial charge in [-0.25, -0.2) is 5.43 Å². The fraction of sp³-hybridized carbons (Fsp3) is 0.450. The number of nitrogens with zero attached hydrogens (tertiary/aromatic N) is 4. The molecule has 1 N–H and O–H groups in total. The Morgan fingerprint density at radius 3 is 2.89 bits per heavy atom. The van der Waals surface area contributed by atoms with Crippen molar-refractivity contribution in [1.82, 2.24) is 25.2 Å². The number of nitrogens with one attached hydrogen (secondary N) is 1. The van der Waals surface area contributed by atoms with Crippen molar-refractivity contribution in [2.45, 2.75) is 25.2 Å².